The molecule has 1 aliphatic heterocycles. The SMILES string of the molecule is CC1CCc2sc3ncn4nc(C(=O)N5CCOCC5)nc4c3c2C1. The fourth-order valence-corrected chi connectivity index (χ4v) is 4.92. The zero-order valence-corrected chi connectivity index (χ0v) is 14.9. The number of aryl methyl sites for hydroxylation is 1. The van der Waals surface area contributed by atoms with Crippen molar-refractivity contribution in [2.24, 2.45) is 5.92 Å². The second-order valence-corrected chi connectivity index (χ2v) is 7.97. The molecule has 0 radical (unpaired) electrons. The summed E-state index contributed by atoms with van der Waals surface area (Å²) in [4.78, 5) is 26.0. The first-order valence-corrected chi connectivity index (χ1v) is 9.55. The molecule has 0 aromatic carbocycles. The number of carbonyl (C=O) groups is 1. The number of hydrogen-bond donors (Lipinski definition) is 0. The normalized spacial score (nSPS) is 21.0. The molecule has 2 aliphatic rings. The summed E-state index contributed by atoms with van der Waals surface area (Å²) < 4.78 is 6.97. The lowest BCUT2D eigenvalue weighted by molar-refractivity contribution is 0.0295. The quantitative estimate of drug-likeness (QED) is 0.665. The van der Waals surface area contributed by atoms with Gasteiger partial charge < -0.3 is 9.64 Å². The maximum atomic E-state index is 12.7. The van der Waals surface area contributed by atoms with Crippen molar-refractivity contribution in [1.29, 1.82) is 0 Å². The monoisotopic (exact) mass is 357 g/mol. The number of nitrogens with zero attached hydrogens (tertiary/aromatic N) is 5. The van der Waals surface area contributed by atoms with Gasteiger partial charge in [-0.15, -0.1) is 16.4 Å². The van der Waals surface area contributed by atoms with Crippen LogP contribution in [0.2, 0.25) is 0 Å². The molecule has 3 aromatic rings. The van der Waals surface area contributed by atoms with Crippen molar-refractivity contribution in [3.05, 3.63) is 22.6 Å². The van der Waals surface area contributed by atoms with Gasteiger partial charge in [-0.3, -0.25) is 4.79 Å². The number of ether oxygens (including phenoxy) is 1. The van der Waals surface area contributed by atoms with E-state index in [2.05, 4.69) is 22.0 Å². The van der Waals surface area contributed by atoms with Crippen molar-refractivity contribution in [2.45, 2.75) is 26.2 Å². The Kier molecular flexibility index (Phi) is 3.49. The van der Waals surface area contributed by atoms with Gasteiger partial charge in [0.1, 0.15) is 11.2 Å². The van der Waals surface area contributed by atoms with Crippen molar-refractivity contribution in [3.8, 4) is 0 Å². The molecule has 1 aliphatic carbocycles. The number of amides is 1. The molecular weight excluding hydrogens is 338 g/mol. The van der Waals surface area contributed by atoms with E-state index in [1.807, 2.05) is 0 Å². The van der Waals surface area contributed by atoms with E-state index in [1.54, 1.807) is 27.1 Å². The summed E-state index contributed by atoms with van der Waals surface area (Å²) >= 11 is 1.76. The van der Waals surface area contributed by atoms with E-state index in [1.165, 1.54) is 16.9 Å². The zero-order chi connectivity index (χ0) is 17.0. The van der Waals surface area contributed by atoms with Gasteiger partial charge in [-0.1, -0.05) is 6.92 Å². The molecule has 25 heavy (non-hydrogen) atoms. The Bertz CT molecular complexity index is 972. The van der Waals surface area contributed by atoms with Crippen LogP contribution in [-0.4, -0.2) is 56.7 Å². The smallest absolute Gasteiger partial charge is 0.293 e. The van der Waals surface area contributed by atoms with E-state index in [-0.39, 0.29) is 11.7 Å². The minimum absolute atomic E-state index is 0.127. The van der Waals surface area contributed by atoms with Crippen LogP contribution in [0.3, 0.4) is 0 Å². The zero-order valence-electron chi connectivity index (χ0n) is 14.1. The van der Waals surface area contributed by atoms with Gasteiger partial charge >= 0.3 is 0 Å². The molecule has 5 rings (SSSR count). The molecule has 130 valence electrons. The van der Waals surface area contributed by atoms with Crippen molar-refractivity contribution >= 4 is 33.1 Å². The summed E-state index contributed by atoms with van der Waals surface area (Å²) in [5.74, 6) is 0.792. The van der Waals surface area contributed by atoms with Crippen LogP contribution in [0.25, 0.3) is 15.9 Å². The lowest BCUT2D eigenvalue weighted by Gasteiger charge is -2.25. The fraction of sp³-hybridized carbons (Fsp3) is 0.529. The molecule has 1 amide bonds. The minimum atomic E-state index is -0.127. The Morgan fingerprint density at radius 2 is 2.20 bits per heavy atom. The van der Waals surface area contributed by atoms with E-state index in [4.69, 9.17) is 4.74 Å². The summed E-state index contributed by atoms with van der Waals surface area (Å²) in [5, 5.41) is 5.49. The first-order valence-electron chi connectivity index (χ1n) is 8.73. The Morgan fingerprint density at radius 3 is 3.04 bits per heavy atom. The number of hydrogen-bond acceptors (Lipinski definition) is 6. The summed E-state index contributed by atoms with van der Waals surface area (Å²) in [6.45, 7) is 4.61. The van der Waals surface area contributed by atoms with E-state index in [0.29, 0.717) is 32.2 Å². The fourth-order valence-electron chi connectivity index (χ4n) is 3.75. The standard InChI is InChI=1S/C17H19N5O2S/c1-10-2-3-12-11(8-10)13-15-19-14(17(23)21-4-6-24-7-5-21)20-22(15)9-18-16(13)25-12/h9-10H,2-8H2,1H3. The summed E-state index contributed by atoms with van der Waals surface area (Å²) in [6.07, 6.45) is 5.06. The van der Waals surface area contributed by atoms with Crippen molar-refractivity contribution < 1.29 is 9.53 Å². The van der Waals surface area contributed by atoms with Crippen LogP contribution in [0.4, 0.5) is 0 Å². The van der Waals surface area contributed by atoms with Crippen LogP contribution in [0, 0.1) is 5.92 Å². The van der Waals surface area contributed by atoms with Crippen LogP contribution in [0.15, 0.2) is 6.33 Å². The third kappa shape index (κ3) is 2.43. The topological polar surface area (TPSA) is 72.6 Å². The van der Waals surface area contributed by atoms with Crippen molar-refractivity contribution in [1.82, 2.24) is 24.5 Å². The van der Waals surface area contributed by atoms with Gasteiger partial charge in [-0.2, -0.15) is 0 Å². The minimum Gasteiger partial charge on any atom is -0.378 e. The van der Waals surface area contributed by atoms with E-state index in [9.17, 15) is 4.79 Å². The number of fused-ring (bicyclic) bond motifs is 5. The first kappa shape index (κ1) is 15.2. The van der Waals surface area contributed by atoms with E-state index in [0.717, 1.165) is 28.7 Å². The highest BCUT2D eigenvalue weighted by atomic mass is 32.1. The van der Waals surface area contributed by atoms with Crippen LogP contribution in [0.1, 0.15) is 34.4 Å². The Hall–Kier alpha value is -2.06. The van der Waals surface area contributed by atoms with Crippen LogP contribution in [0.5, 0.6) is 0 Å². The molecule has 4 heterocycles. The van der Waals surface area contributed by atoms with Crippen molar-refractivity contribution in [2.75, 3.05) is 26.3 Å². The highest BCUT2D eigenvalue weighted by Crippen LogP contribution is 2.38. The number of carbonyl (C=O) groups excluding carboxylic acids is 1. The van der Waals surface area contributed by atoms with Crippen LogP contribution in [-0.2, 0) is 17.6 Å². The predicted octanol–water partition coefficient (Wildman–Crippen LogP) is 1.94. The lowest BCUT2D eigenvalue weighted by Crippen LogP contribution is -2.41. The number of rotatable bonds is 1. The molecule has 3 aromatic heterocycles. The average Bonchev–Trinajstić information content (AvgIpc) is 3.22. The molecule has 1 unspecified atom stereocenters. The molecule has 8 heteroatoms. The second-order valence-electron chi connectivity index (χ2n) is 6.88. The van der Waals surface area contributed by atoms with Crippen LogP contribution < -0.4 is 0 Å². The Morgan fingerprint density at radius 1 is 1.36 bits per heavy atom. The molecule has 0 spiro atoms. The average molecular weight is 357 g/mol. The molecule has 0 saturated carbocycles. The summed E-state index contributed by atoms with van der Waals surface area (Å²) in [5.41, 5.74) is 2.11. The molecule has 1 fully saturated rings. The van der Waals surface area contributed by atoms with Gasteiger partial charge in [0.15, 0.2) is 5.65 Å². The maximum Gasteiger partial charge on any atom is 0.293 e. The number of morpholine rings is 1. The highest BCUT2D eigenvalue weighted by molar-refractivity contribution is 7.19. The molecule has 0 N–H and O–H groups in total. The summed E-state index contributed by atoms with van der Waals surface area (Å²) in [7, 11) is 0. The van der Waals surface area contributed by atoms with Gasteiger partial charge in [0.2, 0.25) is 5.82 Å². The van der Waals surface area contributed by atoms with Gasteiger partial charge in [0, 0.05) is 18.0 Å². The Labute approximate surface area is 148 Å². The molecular formula is C17H19N5O2S. The van der Waals surface area contributed by atoms with Gasteiger partial charge in [0.05, 0.1) is 18.6 Å². The van der Waals surface area contributed by atoms with Gasteiger partial charge in [-0.05, 0) is 30.7 Å². The van der Waals surface area contributed by atoms with Crippen LogP contribution >= 0.6 is 11.3 Å². The maximum absolute atomic E-state index is 12.7. The first-order chi connectivity index (χ1) is 12.2. The predicted molar refractivity (Wildman–Crippen MR) is 94.1 cm³/mol. The molecule has 1 atom stereocenters. The number of aromatic nitrogens is 4. The molecule has 7 nitrogen and oxygen atoms in total. The van der Waals surface area contributed by atoms with Gasteiger partial charge in [0.25, 0.3) is 5.91 Å². The number of thiophene rings is 1. The largest absolute Gasteiger partial charge is 0.378 e. The van der Waals surface area contributed by atoms with E-state index < -0.39 is 0 Å². The van der Waals surface area contributed by atoms with Gasteiger partial charge in [-0.25, -0.2) is 14.5 Å². The third-order valence-electron chi connectivity index (χ3n) is 5.12. The highest BCUT2D eigenvalue weighted by Gasteiger charge is 2.26. The molecule has 0 bridgehead atoms. The summed E-state index contributed by atoms with van der Waals surface area (Å²) in [6, 6.07) is 0. The van der Waals surface area contributed by atoms with E-state index >= 15 is 0 Å². The third-order valence-corrected chi connectivity index (χ3v) is 6.32. The Balaban J connectivity index is 1.63. The second kappa shape index (κ2) is 5.74. The van der Waals surface area contributed by atoms with Crippen molar-refractivity contribution in [3.63, 3.8) is 0 Å². The lowest BCUT2D eigenvalue weighted by atomic mass is 9.89. The molecule has 1 saturated heterocycles.